The first-order valence-electron chi connectivity index (χ1n) is 6.06. The minimum Gasteiger partial charge on any atom is -0.496 e. The Bertz CT molecular complexity index is 362. The summed E-state index contributed by atoms with van der Waals surface area (Å²) in [5.41, 5.74) is 2.90. The fourth-order valence-electron chi connectivity index (χ4n) is 2.86. The summed E-state index contributed by atoms with van der Waals surface area (Å²) in [5.74, 6) is 2.45. The van der Waals surface area contributed by atoms with Gasteiger partial charge in [-0.1, -0.05) is 19.1 Å². The molecule has 2 nitrogen and oxygen atoms in total. The van der Waals surface area contributed by atoms with Crippen molar-refractivity contribution in [3.05, 3.63) is 29.3 Å². The smallest absolute Gasteiger partial charge is 0.122 e. The number of benzene rings is 1. The Balaban J connectivity index is 2.38. The molecule has 88 valence electrons. The van der Waals surface area contributed by atoms with E-state index in [1.165, 1.54) is 17.5 Å². The zero-order valence-corrected chi connectivity index (χ0v) is 10.4. The highest BCUT2D eigenvalue weighted by molar-refractivity contribution is 5.44. The predicted octanol–water partition coefficient (Wildman–Crippen LogP) is 2.58. The number of hydrogen-bond donors (Lipinski definition) is 1. The van der Waals surface area contributed by atoms with E-state index in [2.05, 4.69) is 30.4 Å². The van der Waals surface area contributed by atoms with Gasteiger partial charge in [0.15, 0.2) is 0 Å². The van der Waals surface area contributed by atoms with Crippen molar-refractivity contribution in [1.29, 1.82) is 0 Å². The third kappa shape index (κ3) is 2.07. The van der Waals surface area contributed by atoms with E-state index in [1.807, 2.05) is 7.05 Å². The van der Waals surface area contributed by atoms with E-state index in [-0.39, 0.29) is 0 Å². The van der Waals surface area contributed by atoms with Gasteiger partial charge in [-0.2, -0.15) is 0 Å². The van der Waals surface area contributed by atoms with E-state index in [4.69, 9.17) is 4.74 Å². The monoisotopic (exact) mass is 219 g/mol. The lowest BCUT2D eigenvalue weighted by molar-refractivity contribution is 0.380. The number of hydrogen-bond acceptors (Lipinski definition) is 2. The summed E-state index contributed by atoms with van der Waals surface area (Å²) in [6, 6.07) is 6.44. The van der Waals surface area contributed by atoms with Crippen molar-refractivity contribution < 1.29 is 4.74 Å². The fourth-order valence-corrected chi connectivity index (χ4v) is 2.86. The number of nitrogens with one attached hydrogen (secondary N) is 1. The third-order valence-corrected chi connectivity index (χ3v) is 3.52. The summed E-state index contributed by atoms with van der Waals surface area (Å²) < 4.78 is 5.47. The van der Waals surface area contributed by atoms with Gasteiger partial charge < -0.3 is 10.1 Å². The summed E-state index contributed by atoms with van der Waals surface area (Å²) in [6.07, 6.45) is 2.43. The molecule has 1 aliphatic carbocycles. The maximum atomic E-state index is 5.47. The zero-order valence-electron chi connectivity index (χ0n) is 10.4. The minimum atomic E-state index is 0.638. The van der Waals surface area contributed by atoms with Gasteiger partial charge in [-0.05, 0) is 48.9 Å². The fraction of sp³-hybridized carbons (Fsp3) is 0.571. The Morgan fingerprint density at radius 3 is 2.94 bits per heavy atom. The van der Waals surface area contributed by atoms with Crippen molar-refractivity contribution in [2.75, 3.05) is 20.7 Å². The largest absolute Gasteiger partial charge is 0.496 e. The molecule has 0 amide bonds. The molecule has 0 spiro atoms. The summed E-state index contributed by atoms with van der Waals surface area (Å²) in [6.45, 7) is 3.39. The molecule has 0 heterocycles. The third-order valence-electron chi connectivity index (χ3n) is 3.52. The van der Waals surface area contributed by atoms with Crippen molar-refractivity contribution >= 4 is 0 Å². The molecule has 1 N–H and O–H groups in total. The second-order valence-electron chi connectivity index (χ2n) is 4.83. The van der Waals surface area contributed by atoms with Gasteiger partial charge in [0.2, 0.25) is 0 Å². The molecule has 2 unspecified atom stereocenters. The molecule has 1 aromatic rings. The lowest BCUT2D eigenvalue weighted by Gasteiger charge is -2.30. The maximum absolute atomic E-state index is 5.47. The number of rotatable bonds is 3. The predicted molar refractivity (Wildman–Crippen MR) is 67.1 cm³/mol. The first-order valence-corrected chi connectivity index (χ1v) is 6.06. The highest BCUT2D eigenvalue weighted by Gasteiger charge is 2.26. The average Bonchev–Trinajstić information content (AvgIpc) is 2.28. The highest BCUT2D eigenvalue weighted by atomic mass is 16.5. The van der Waals surface area contributed by atoms with Gasteiger partial charge in [0.1, 0.15) is 5.75 Å². The summed E-state index contributed by atoms with van der Waals surface area (Å²) in [4.78, 5) is 0. The van der Waals surface area contributed by atoms with Crippen LogP contribution in [0.3, 0.4) is 0 Å². The molecule has 2 heteroatoms. The molecule has 0 saturated heterocycles. The Labute approximate surface area is 98.0 Å². The van der Waals surface area contributed by atoms with Crippen LogP contribution in [0, 0.1) is 5.92 Å². The minimum absolute atomic E-state index is 0.638. The Hall–Kier alpha value is -1.02. The van der Waals surface area contributed by atoms with E-state index in [0.29, 0.717) is 5.92 Å². The van der Waals surface area contributed by atoms with Gasteiger partial charge >= 0.3 is 0 Å². The molecule has 0 bridgehead atoms. The normalized spacial score (nSPS) is 23.9. The van der Waals surface area contributed by atoms with Crippen molar-refractivity contribution in [3.8, 4) is 5.75 Å². The van der Waals surface area contributed by atoms with Crippen LogP contribution in [-0.4, -0.2) is 20.7 Å². The van der Waals surface area contributed by atoms with E-state index in [1.54, 1.807) is 7.11 Å². The maximum Gasteiger partial charge on any atom is 0.122 e. The van der Waals surface area contributed by atoms with E-state index in [9.17, 15) is 0 Å². The van der Waals surface area contributed by atoms with Gasteiger partial charge in [0.25, 0.3) is 0 Å². The van der Waals surface area contributed by atoms with Crippen LogP contribution >= 0.6 is 0 Å². The summed E-state index contributed by atoms with van der Waals surface area (Å²) >= 11 is 0. The highest BCUT2D eigenvalue weighted by Crippen LogP contribution is 2.38. The molecule has 0 aromatic heterocycles. The number of fused-ring (bicyclic) bond motifs is 1. The van der Waals surface area contributed by atoms with Crippen LogP contribution in [0.2, 0.25) is 0 Å². The van der Waals surface area contributed by atoms with Gasteiger partial charge in [-0.25, -0.2) is 0 Å². The van der Waals surface area contributed by atoms with E-state index in [0.717, 1.165) is 24.6 Å². The molecule has 0 fully saturated rings. The quantitative estimate of drug-likeness (QED) is 0.843. The average molecular weight is 219 g/mol. The molecule has 1 aliphatic rings. The van der Waals surface area contributed by atoms with Gasteiger partial charge in [-0.15, -0.1) is 0 Å². The lowest BCUT2D eigenvalue weighted by Crippen LogP contribution is -2.25. The van der Waals surface area contributed by atoms with Crippen molar-refractivity contribution in [1.82, 2.24) is 5.32 Å². The standard InChI is InChI=1S/C14H21NO/c1-10-7-11(9-15-2)12-5-4-6-14(16-3)13(12)8-10/h4-6,10-11,15H,7-9H2,1-3H3. The number of likely N-dealkylation sites (N-methyl/N-ethyl adjacent to an activating group) is 1. The van der Waals surface area contributed by atoms with Crippen LogP contribution in [0.15, 0.2) is 18.2 Å². The Morgan fingerprint density at radius 2 is 2.25 bits per heavy atom. The molecule has 2 atom stereocenters. The van der Waals surface area contributed by atoms with Crippen molar-refractivity contribution in [2.24, 2.45) is 5.92 Å². The SMILES string of the molecule is CNCC1CC(C)Cc2c(OC)cccc21. The van der Waals surface area contributed by atoms with Crippen LogP contribution in [0.5, 0.6) is 5.75 Å². The van der Waals surface area contributed by atoms with E-state index >= 15 is 0 Å². The van der Waals surface area contributed by atoms with Crippen LogP contribution in [-0.2, 0) is 6.42 Å². The van der Waals surface area contributed by atoms with Crippen LogP contribution < -0.4 is 10.1 Å². The lowest BCUT2D eigenvalue weighted by atomic mass is 9.77. The molecule has 0 saturated carbocycles. The van der Waals surface area contributed by atoms with Crippen LogP contribution in [0.1, 0.15) is 30.4 Å². The van der Waals surface area contributed by atoms with E-state index < -0.39 is 0 Å². The molecule has 0 radical (unpaired) electrons. The number of methoxy groups -OCH3 is 1. The summed E-state index contributed by atoms with van der Waals surface area (Å²) in [5, 5.41) is 3.30. The van der Waals surface area contributed by atoms with Crippen LogP contribution in [0.25, 0.3) is 0 Å². The second-order valence-corrected chi connectivity index (χ2v) is 4.83. The first kappa shape index (κ1) is 11.5. The summed E-state index contributed by atoms with van der Waals surface area (Å²) in [7, 11) is 3.79. The second kappa shape index (κ2) is 4.88. The first-order chi connectivity index (χ1) is 7.76. The van der Waals surface area contributed by atoms with Gasteiger partial charge in [0.05, 0.1) is 7.11 Å². The molecular formula is C14H21NO. The van der Waals surface area contributed by atoms with Crippen molar-refractivity contribution in [3.63, 3.8) is 0 Å². The Kier molecular flexibility index (Phi) is 3.49. The van der Waals surface area contributed by atoms with Gasteiger partial charge in [0, 0.05) is 6.54 Å². The zero-order chi connectivity index (χ0) is 11.5. The molecule has 16 heavy (non-hydrogen) atoms. The topological polar surface area (TPSA) is 21.3 Å². The molecular weight excluding hydrogens is 198 g/mol. The molecule has 1 aromatic carbocycles. The number of ether oxygens (including phenoxy) is 1. The molecule has 0 aliphatic heterocycles. The van der Waals surface area contributed by atoms with Gasteiger partial charge in [-0.3, -0.25) is 0 Å². The van der Waals surface area contributed by atoms with Crippen molar-refractivity contribution in [2.45, 2.75) is 25.7 Å². The van der Waals surface area contributed by atoms with Crippen LogP contribution in [0.4, 0.5) is 0 Å². The molecule has 2 rings (SSSR count). The Morgan fingerprint density at radius 1 is 1.44 bits per heavy atom.